The second-order valence-corrected chi connectivity index (χ2v) is 7.70. The zero-order chi connectivity index (χ0) is 16.1. The van der Waals surface area contributed by atoms with Crippen LogP contribution in [0.2, 0.25) is 0 Å². The molecule has 23 heavy (non-hydrogen) atoms. The predicted octanol–water partition coefficient (Wildman–Crippen LogP) is 6.11. The van der Waals surface area contributed by atoms with Gasteiger partial charge in [-0.15, -0.1) is 6.58 Å². The summed E-state index contributed by atoms with van der Waals surface area (Å²) < 4.78 is 6.18. The SMILES string of the molecule is C=CCC1CCC(C2(OC)CCC(c3ccccc3)CC2)CC1. The Labute approximate surface area is 142 Å². The van der Waals surface area contributed by atoms with Crippen LogP contribution in [0.15, 0.2) is 43.0 Å². The van der Waals surface area contributed by atoms with Gasteiger partial charge in [0.1, 0.15) is 0 Å². The minimum absolute atomic E-state index is 0.157. The summed E-state index contributed by atoms with van der Waals surface area (Å²) in [7, 11) is 1.96. The molecule has 0 aliphatic heterocycles. The molecule has 1 nitrogen and oxygen atoms in total. The Hall–Kier alpha value is -1.08. The summed E-state index contributed by atoms with van der Waals surface area (Å²) in [6.07, 6.45) is 13.8. The molecule has 0 atom stereocenters. The van der Waals surface area contributed by atoms with Crippen molar-refractivity contribution in [2.45, 2.75) is 69.3 Å². The molecule has 2 aliphatic rings. The van der Waals surface area contributed by atoms with Crippen molar-refractivity contribution in [2.75, 3.05) is 7.11 Å². The van der Waals surface area contributed by atoms with Gasteiger partial charge in [0, 0.05) is 7.11 Å². The summed E-state index contributed by atoms with van der Waals surface area (Å²) in [5.41, 5.74) is 1.68. The maximum Gasteiger partial charge on any atom is 0.0707 e. The van der Waals surface area contributed by atoms with Crippen LogP contribution >= 0.6 is 0 Å². The molecule has 0 unspecified atom stereocenters. The third-order valence-electron chi connectivity index (χ3n) is 6.60. The van der Waals surface area contributed by atoms with Gasteiger partial charge in [-0.3, -0.25) is 0 Å². The van der Waals surface area contributed by atoms with E-state index in [9.17, 15) is 0 Å². The first-order valence-corrected chi connectivity index (χ1v) is 9.48. The van der Waals surface area contributed by atoms with Gasteiger partial charge < -0.3 is 4.74 Å². The molecular weight excluding hydrogens is 280 g/mol. The lowest BCUT2D eigenvalue weighted by Crippen LogP contribution is -2.44. The fraction of sp³-hybridized carbons (Fsp3) is 0.636. The van der Waals surface area contributed by atoms with E-state index in [0.29, 0.717) is 0 Å². The van der Waals surface area contributed by atoms with Crippen molar-refractivity contribution in [1.29, 1.82) is 0 Å². The quantitative estimate of drug-likeness (QED) is 0.596. The van der Waals surface area contributed by atoms with Gasteiger partial charge in [0.2, 0.25) is 0 Å². The van der Waals surface area contributed by atoms with Crippen molar-refractivity contribution in [3.8, 4) is 0 Å². The van der Waals surface area contributed by atoms with E-state index < -0.39 is 0 Å². The first-order valence-electron chi connectivity index (χ1n) is 9.48. The summed E-state index contributed by atoms with van der Waals surface area (Å²) >= 11 is 0. The monoisotopic (exact) mass is 312 g/mol. The van der Waals surface area contributed by atoms with Gasteiger partial charge in [-0.2, -0.15) is 0 Å². The van der Waals surface area contributed by atoms with E-state index >= 15 is 0 Å². The fourth-order valence-electron chi connectivity index (χ4n) is 5.10. The lowest BCUT2D eigenvalue weighted by molar-refractivity contribution is -0.0995. The highest BCUT2D eigenvalue weighted by atomic mass is 16.5. The molecule has 0 aromatic heterocycles. The van der Waals surface area contributed by atoms with Crippen LogP contribution < -0.4 is 0 Å². The van der Waals surface area contributed by atoms with Crippen molar-refractivity contribution in [2.24, 2.45) is 11.8 Å². The molecule has 2 aliphatic carbocycles. The number of methoxy groups -OCH3 is 1. The molecule has 1 heteroatoms. The zero-order valence-corrected chi connectivity index (χ0v) is 14.7. The molecule has 0 saturated heterocycles. The van der Waals surface area contributed by atoms with Crippen LogP contribution in [-0.2, 0) is 4.74 Å². The maximum atomic E-state index is 6.18. The molecule has 1 aromatic carbocycles. The van der Waals surface area contributed by atoms with E-state index in [1.807, 2.05) is 7.11 Å². The summed E-state index contributed by atoms with van der Waals surface area (Å²) in [6.45, 7) is 3.91. The van der Waals surface area contributed by atoms with E-state index in [1.54, 1.807) is 0 Å². The molecule has 2 saturated carbocycles. The normalized spacial score (nSPS) is 34.9. The second-order valence-electron chi connectivity index (χ2n) is 7.70. The van der Waals surface area contributed by atoms with Crippen molar-refractivity contribution >= 4 is 0 Å². The average Bonchev–Trinajstić information content (AvgIpc) is 2.63. The highest BCUT2D eigenvalue weighted by Gasteiger charge is 2.43. The predicted molar refractivity (Wildman–Crippen MR) is 97.7 cm³/mol. The van der Waals surface area contributed by atoms with E-state index in [1.165, 1.54) is 63.4 Å². The fourth-order valence-corrected chi connectivity index (χ4v) is 5.10. The lowest BCUT2D eigenvalue weighted by atomic mass is 9.65. The Kier molecular flexibility index (Phi) is 5.58. The second kappa shape index (κ2) is 7.66. The van der Waals surface area contributed by atoms with Crippen molar-refractivity contribution < 1.29 is 4.74 Å². The third-order valence-corrected chi connectivity index (χ3v) is 6.60. The average molecular weight is 312 g/mol. The van der Waals surface area contributed by atoms with Gasteiger partial charge in [-0.05, 0) is 81.1 Å². The molecule has 3 rings (SSSR count). The molecule has 126 valence electrons. The maximum absolute atomic E-state index is 6.18. The zero-order valence-electron chi connectivity index (χ0n) is 14.7. The van der Waals surface area contributed by atoms with Crippen molar-refractivity contribution in [3.63, 3.8) is 0 Å². The van der Waals surface area contributed by atoms with Crippen LogP contribution in [0.3, 0.4) is 0 Å². The molecule has 0 N–H and O–H groups in total. The smallest absolute Gasteiger partial charge is 0.0707 e. The van der Waals surface area contributed by atoms with E-state index in [2.05, 4.69) is 43.0 Å². The number of hydrogen-bond acceptors (Lipinski definition) is 1. The molecule has 1 aromatic rings. The standard InChI is InChI=1S/C22H32O/c1-3-7-18-10-12-21(13-11-18)22(23-2)16-14-20(15-17-22)19-8-5-4-6-9-19/h3-6,8-9,18,20-21H,1,7,10-17H2,2H3. The largest absolute Gasteiger partial charge is 0.378 e. The lowest BCUT2D eigenvalue weighted by Gasteiger charge is -2.47. The van der Waals surface area contributed by atoms with E-state index in [0.717, 1.165) is 17.8 Å². The first kappa shape index (κ1) is 16.8. The van der Waals surface area contributed by atoms with Gasteiger partial charge in [0.25, 0.3) is 0 Å². The Morgan fingerprint density at radius 1 is 1.04 bits per heavy atom. The Morgan fingerprint density at radius 3 is 2.26 bits per heavy atom. The van der Waals surface area contributed by atoms with E-state index in [-0.39, 0.29) is 5.60 Å². The number of hydrogen-bond donors (Lipinski definition) is 0. The van der Waals surface area contributed by atoms with Gasteiger partial charge in [0.15, 0.2) is 0 Å². The van der Waals surface area contributed by atoms with Gasteiger partial charge in [-0.25, -0.2) is 0 Å². The highest BCUT2D eigenvalue weighted by Crippen LogP contribution is 2.48. The van der Waals surface area contributed by atoms with Gasteiger partial charge in [-0.1, -0.05) is 36.4 Å². The van der Waals surface area contributed by atoms with Crippen LogP contribution in [0, 0.1) is 11.8 Å². The van der Waals surface area contributed by atoms with Crippen LogP contribution in [0.1, 0.15) is 69.3 Å². The summed E-state index contributed by atoms with van der Waals surface area (Å²) in [4.78, 5) is 0. The topological polar surface area (TPSA) is 9.23 Å². The van der Waals surface area contributed by atoms with E-state index in [4.69, 9.17) is 4.74 Å². The molecule has 0 radical (unpaired) electrons. The van der Waals surface area contributed by atoms with Crippen molar-refractivity contribution in [3.05, 3.63) is 48.6 Å². The van der Waals surface area contributed by atoms with Crippen LogP contribution in [-0.4, -0.2) is 12.7 Å². The summed E-state index contributed by atoms with van der Waals surface area (Å²) in [5, 5.41) is 0. The van der Waals surface area contributed by atoms with Crippen LogP contribution in [0.4, 0.5) is 0 Å². The van der Waals surface area contributed by atoms with Crippen LogP contribution in [0.25, 0.3) is 0 Å². The van der Waals surface area contributed by atoms with Crippen molar-refractivity contribution in [1.82, 2.24) is 0 Å². The van der Waals surface area contributed by atoms with Crippen LogP contribution in [0.5, 0.6) is 0 Å². The summed E-state index contributed by atoms with van der Waals surface area (Å²) in [5.74, 6) is 2.38. The van der Waals surface area contributed by atoms with Gasteiger partial charge >= 0.3 is 0 Å². The molecular formula is C22H32O. The number of rotatable bonds is 5. The number of ether oxygens (including phenoxy) is 1. The third kappa shape index (κ3) is 3.71. The molecule has 0 heterocycles. The van der Waals surface area contributed by atoms with Gasteiger partial charge in [0.05, 0.1) is 5.60 Å². The Morgan fingerprint density at radius 2 is 1.70 bits per heavy atom. The first-order chi connectivity index (χ1) is 11.3. The minimum Gasteiger partial charge on any atom is -0.378 e. The minimum atomic E-state index is 0.157. The Bertz CT molecular complexity index is 476. The molecule has 0 spiro atoms. The molecule has 2 fully saturated rings. The molecule has 0 bridgehead atoms. The Balaban J connectivity index is 1.59. The molecule has 0 amide bonds. The number of allylic oxidation sites excluding steroid dienone is 1. The summed E-state index contributed by atoms with van der Waals surface area (Å²) in [6, 6.07) is 11.1. The number of benzene rings is 1. The highest BCUT2D eigenvalue weighted by molar-refractivity contribution is 5.20.